The summed E-state index contributed by atoms with van der Waals surface area (Å²) in [5, 5.41) is 15.9. The number of nitrogens with two attached hydrogens (primary N) is 1. The minimum atomic E-state index is -0.588. The van der Waals surface area contributed by atoms with Crippen molar-refractivity contribution in [1.82, 2.24) is 20.1 Å². The van der Waals surface area contributed by atoms with E-state index >= 15 is 0 Å². The maximum Gasteiger partial charge on any atom is 0.149 e. The van der Waals surface area contributed by atoms with Crippen molar-refractivity contribution < 1.29 is 5.11 Å². The number of amidine groups is 1. The summed E-state index contributed by atoms with van der Waals surface area (Å²) in [5.41, 5.74) is 11.7. The first-order chi connectivity index (χ1) is 17.6. The van der Waals surface area contributed by atoms with Gasteiger partial charge in [-0.3, -0.25) is 0 Å². The van der Waals surface area contributed by atoms with Gasteiger partial charge in [0.1, 0.15) is 17.7 Å². The summed E-state index contributed by atoms with van der Waals surface area (Å²) in [7, 11) is 0. The van der Waals surface area contributed by atoms with Crippen LogP contribution in [0.15, 0.2) is 83.8 Å². The summed E-state index contributed by atoms with van der Waals surface area (Å²) >= 11 is 0. The van der Waals surface area contributed by atoms with E-state index in [0.29, 0.717) is 11.8 Å². The number of pyridine rings is 1. The Bertz CT molecular complexity index is 1420. The van der Waals surface area contributed by atoms with Gasteiger partial charge in [0, 0.05) is 41.4 Å². The number of aliphatic hydroxyl groups is 1. The van der Waals surface area contributed by atoms with Gasteiger partial charge < -0.3 is 26.0 Å². The van der Waals surface area contributed by atoms with E-state index in [9.17, 15) is 5.11 Å². The van der Waals surface area contributed by atoms with Crippen molar-refractivity contribution in [1.29, 1.82) is 0 Å². The molecule has 7 heteroatoms. The number of β-amino-alcohol motifs (C(OH)–C–C–N with tert-alkyl or cyclic N) is 1. The number of aliphatic imine (C=N–C) groups is 1. The number of fused-ring (bicyclic) bond motifs is 2. The third-order valence-electron chi connectivity index (χ3n) is 8.02. The van der Waals surface area contributed by atoms with Gasteiger partial charge in [-0.2, -0.15) is 0 Å². The second-order valence-electron chi connectivity index (χ2n) is 10.5. The van der Waals surface area contributed by atoms with Crippen LogP contribution in [0.2, 0.25) is 0 Å². The molecule has 1 aliphatic carbocycles. The Hall–Kier alpha value is -3.68. The molecule has 0 spiro atoms. The maximum absolute atomic E-state index is 11.1. The number of rotatable bonds is 5. The van der Waals surface area contributed by atoms with E-state index in [2.05, 4.69) is 62.6 Å². The van der Waals surface area contributed by atoms with Crippen LogP contribution in [0.25, 0.3) is 27.9 Å². The molecule has 1 saturated heterocycles. The van der Waals surface area contributed by atoms with Gasteiger partial charge in [0.2, 0.25) is 0 Å². The third-order valence-corrected chi connectivity index (χ3v) is 8.02. The van der Waals surface area contributed by atoms with Crippen molar-refractivity contribution >= 4 is 22.4 Å². The van der Waals surface area contributed by atoms with Gasteiger partial charge in [-0.25, -0.2) is 9.98 Å². The highest BCUT2D eigenvalue weighted by Crippen LogP contribution is 2.45. The smallest absolute Gasteiger partial charge is 0.149 e. The molecule has 2 aromatic carbocycles. The van der Waals surface area contributed by atoms with Crippen LogP contribution in [-0.2, 0) is 0 Å². The molecule has 0 amide bonds. The molecule has 2 fully saturated rings. The Labute approximate surface area is 210 Å². The van der Waals surface area contributed by atoms with Crippen LogP contribution in [0, 0.1) is 5.92 Å². The highest BCUT2D eigenvalue weighted by atomic mass is 16.3. The summed E-state index contributed by atoms with van der Waals surface area (Å²) in [6.45, 7) is 2.99. The van der Waals surface area contributed by atoms with Gasteiger partial charge in [-0.05, 0) is 44.5 Å². The Balaban J connectivity index is 1.19. The topological polar surface area (TPSA) is 90.0 Å². The van der Waals surface area contributed by atoms with Crippen LogP contribution in [0.1, 0.15) is 24.8 Å². The molecule has 3 aliphatic heterocycles. The molecule has 7 rings (SSSR count). The van der Waals surface area contributed by atoms with Crippen molar-refractivity contribution in [3.05, 3.63) is 84.3 Å². The van der Waals surface area contributed by atoms with Crippen LogP contribution in [0.4, 0.5) is 0 Å². The lowest BCUT2D eigenvalue weighted by Crippen LogP contribution is -2.60. The highest BCUT2D eigenvalue weighted by molar-refractivity contribution is 6.05. The second-order valence-corrected chi connectivity index (χ2v) is 10.5. The van der Waals surface area contributed by atoms with Crippen LogP contribution >= 0.6 is 0 Å². The molecule has 0 radical (unpaired) electrons. The minimum absolute atomic E-state index is 0.0382. The zero-order valence-electron chi connectivity index (χ0n) is 20.1. The fourth-order valence-electron chi connectivity index (χ4n) is 6.06. The molecule has 7 nitrogen and oxygen atoms in total. The highest BCUT2D eigenvalue weighted by Gasteiger charge is 2.51. The summed E-state index contributed by atoms with van der Waals surface area (Å²) in [4.78, 5) is 13.9. The molecule has 4 aliphatic rings. The minimum Gasteiger partial charge on any atom is -0.389 e. The van der Waals surface area contributed by atoms with Crippen molar-refractivity contribution in [3.63, 3.8) is 0 Å². The van der Waals surface area contributed by atoms with E-state index in [1.54, 1.807) is 6.20 Å². The average molecular weight is 479 g/mol. The number of hydrogen-bond donors (Lipinski definition) is 3. The fourth-order valence-corrected chi connectivity index (χ4v) is 6.06. The monoisotopic (exact) mass is 478 g/mol. The van der Waals surface area contributed by atoms with Gasteiger partial charge in [-0.1, -0.05) is 48.5 Å². The van der Waals surface area contributed by atoms with Crippen LogP contribution in [0.5, 0.6) is 0 Å². The first kappa shape index (κ1) is 21.6. The molecule has 1 unspecified atom stereocenters. The molecule has 0 bridgehead atoms. The molecule has 1 saturated carbocycles. The molecule has 4 N–H and O–H groups in total. The van der Waals surface area contributed by atoms with Gasteiger partial charge in [-0.15, -0.1) is 0 Å². The van der Waals surface area contributed by atoms with E-state index in [1.165, 1.54) is 6.42 Å². The molecule has 182 valence electrons. The van der Waals surface area contributed by atoms with Crippen LogP contribution in [-0.4, -0.2) is 57.1 Å². The number of likely N-dealkylation sites (tertiary alicyclic amines) is 1. The number of nitrogens with one attached hydrogen (secondary N) is 1. The maximum atomic E-state index is 11.1. The fraction of sp³-hybridized carbons (Fsp3) is 0.310. The van der Waals surface area contributed by atoms with Crippen LogP contribution < -0.4 is 11.1 Å². The van der Waals surface area contributed by atoms with E-state index in [0.717, 1.165) is 71.6 Å². The van der Waals surface area contributed by atoms with Crippen molar-refractivity contribution in [2.75, 3.05) is 19.6 Å². The Kier molecular flexibility index (Phi) is 4.91. The summed E-state index contributed by atoms with van der Waals surface area (Å²) in [6.07, 6.45) is 6.60. The standard InChI is InChI=1S/C29H30N6O/c30-27-26-25(21-8-7-20-9-10-23(32-24(20)15-21)19-5-2-1-3-6-19)33-28(35(26)14-11-31-27)22-16-29(36,17-22)18-34-12-4-13-34/h1-3,5-11,14-15,22,28,33,36H,4,12-13,16-18H2,(H2,30,31). The van der Waals surface area contributed by atoms with E-state index in [-0.39, 0.29) is 6.17 Å². The predicted molar refractivity (Wildman–Crippen MR) is 142 cm³/mol. The lowest BCUT2D eigenvalue weighted by molar-refractivity contribution is -0.116. The van der Waals surface area contributed by atoms with Gasteiger partial charge in [0.15, 0.2) is 0 Å². The Morgan fingerprint density at radius 1 is 1.03 bits per heavy atom. The van der Waals surface area contributed by atoms with E-state index in [1.807, 2.05) is 24.4 Å². The quantitative estimate of drug-likeness (QED) is 0.520. The number of aromatic nitrogens is 1. The van der Waals surface area contributed by atoms with Gasteiger partial charge >= 0.3 is 0 Å². The lowest BCUT2D eigenvalue weighted by Gasteiger charge is -2.51. The van der Waals surface area contributed by atoms with Crippen molar-refractivity contribution in [2.45, 2.75) is 31.0 Å². The number of benzene rings is 2. The first-order valence-electron chi connectivity index (χ1n) is 12.8. The molecule has 1 aromatic heterocycles. The third kappa shape index (κ3) is 3.58. The largest absolute Gasteiger partial charge is 0.389 e. The molecule has 3 aromatic rings. The summed E-state index contributed by atoms with van der Waals surface area (Å²) < 4.78 is 0. The Morgan fingerprint density at radius 2 is 1.83 bits per heavy atom. The van der Waals surface area contributed by atoms with Crippen molar-refractivity contribution in [3.8, 4) is 11.3 Å². The Morgan fingerprint density at radius 3 is 2.61 bits per heavy atom. The van der Waals surface area contributed by atoms with E-state index < -0.39 is 5.60 Å². The molecular formula is C29H30N6O. The van der Waals surface area contributed by atoms with Crippen LogP contribution in [0.3, 0.4) is 0 Å². The molecule has 36 heavy (non-hydrogen) atoms. The average Bonchev–Trinajstić information content (AvgIpc) is 3.25. The molecular weight excluding hydrogens is 448 g/mol. The SMILES string of the molecule is NC1=NC=CN2C1=C(c1ccc3ccc(-c4ccccc4)nc3c1)NC2C1CC(O)(CN2CCC2)C1. The second kappa shape index (κ2) is 8.18. The summed E-state index contributed by atoms with van der Waals surface area (Å²) in [6, 6.07) is 20.8. The zero-order valence-corrected chi connectivity index (χ0v) is 20.1. The summed E-state index contributed by atoms with van der Waals surface area (Å²) in [5.74, 6) is 0.825. The zero-order chi connectivity index (χ0) is 24.3. The first-order valence-corrected chi connectivity index (χ1v) is 12.8. The van der Waals surface area contributed by atoms with Gasteiger partial charge in [0.25, 0.3) is 0 Å². The number of hydrogen-bond acceptors (Lipinski definition) is 7. The molecule has 1 atom stereocenters. The lowest BCUT2D eigenvalue weighted by atomic mass is 9.68. The predicted octanol–water partition coefficient (Wildman–Crippen LogP) is 3.49. The normalized spacial score (nSPS) is 27.4. The van der Waals surface area contributed by atoms with E-state index in [4.69, 9.17) is 10.7 Å². The molecule has 4 heterocycles. The van der Waals surface area contributed by atoms with Gasteiger partial charge in [0.05, 0.1) is 22.5 Å². The van der Waals surface area contributed by atoms with Crippen molar-refractivity contribution in [2.24, 2.45) is 16.6 Å². The number of nitrogens with zero attached hydrogens (tertiary/aromatic N) is 4.